The van der Waals surface area contributed by atoms with Crippen LogP contribution >= 0.6 is 11.6 Å². The Morgan fingerprint density at radius 1 is 1.00 bits per heavy atom. The number of methoxy groups -OCH3 is 4. The number of amides is 1. The van der Waals surface area contributed by atoms with Crippen molar-refractivity contribution < 1.29 is 28.5 Å². The van der Waals surface area contributed by atoms with E-state index in [1.54, 1.807) is 18.2 Å². The fourth-order valence-corrected chi connectivity index (χ4v) is 2.86. The lowest BCUT2D eigenvalue weighted by Crippen LogP contribution is -2.32. The Balaban J connectivity index is 2.34. The fourth-order valence-electron chi connectivity index (χ4n) is 2.58. The quantitative estimate of drug-likeness (QED) is 0.470. The number of hydrogen-bond acceptors (Lipinski definition) is 8. The predicted molar refractivity (Wildman–Crippen MR) is 112 cm³/mol. The van der Waals surface area contributed by atoms with Crippen molar-refractivity contribution in [3.63, 3.8) is 0 Å². The summed E-state index contributed by atoms with van der Waals surface area (Å²) in [6, 6.07) is 6.63. The van der Waals surface area contributed by atoms with Crippen LogP contribution in [0.15, 0.2) is 40.6 Å². The molecule has 0 fully saturated rings. The van der Waals surface area contributed by atoms with Gasteiger partial charge in [0, 0.05) is 12.1 Å². The molecule has 0 aliphatic rings. The maximum atomic E-state index is 12.8. The molecule has 0 aromatic heterocycles. The number of nitrogens with one attached hydrogen (secondary N) is 1. The number of azo groups is 1. The molecule has 1 amide bonds. The van der Waals surface area contributed by atoms with Crippen molar-refractivity contribution >= 4 is 34.7 Å². The van der Waals surface area contributed by atoms with Crippen LogP contribution in [-0.4, -0.2) is 46.2 Å². The highest BCUT2D eigenvalue weighted by atomic mass is 35.5. The summed E-state index contributed by atoms with van der Waals surface area (Å²) in [4.78, 5) is 24.8. The van der Waals surface area contributed by atoms with E-state index in [4.69, 9.17) is 30.5 Å². The Kier molecular flexibility index (Phi) is 7.99. The summed E-state index contributed by atoms with van der Waals surface area (Å²) in [5.41, 5.74) is 0.533. The maximum absolute atomic E-state index is 12.8. The molecule has 1 unspecified atom stereocenters. The summed E-state index contributed by atoms with van der Waals surface area (Å²) < 4.78 is 20.9. The second kappa shape index (κ2) is 10.4. The van der Waals surface area contributed by atoms with Gasteiger partial charge in [-0.2, -0.15) is 10.2 Å². The number of halogens is 1. The minimum atomic E-state index is -1.41. The van der Waals surface area contributed by atoms with E-state index in [1.807, 2.05) is 0 Å². The third kappa shape index (κ3) is 5.18. The molecular formula is C20H22ClN3O6. The molecule has 1 N–H and O–H groups in total. The standard InChI is InChI=1S/C20H22ClN3O6/c1-11(25)17(24-23-14-7-6-8-16(28-3)19(14)30-5)20(26)22-15-10-12(27-2)9-13(21)18(15)29-4/h6-10,17H,1-5H3,(H,22,26). The van der Waals surface area contributed by atoms with Crippen LogP contribution in [0, 0.1) is 0 Å². The Hall–Kier alpha value is -3.33. The van der Waals surface area contributed by atoms with E-state index in [9.17, 15) is 9.59 Å². The van der Waals surface area contributed by atoms with Crippen molar-refractivity contribution in [3.05, 3.63) is 35.4 Å². The molecule has 0 aliphatic heterocycles. The smallest absolute Gasteiger partial charge is 0.258 e. The Morgan fingerprint density at radius 3 is 2.27 bits per heavy atom. The van der Waals surface area contributed by atoms with Gasteiger partial charge in [0.05, 0.1) is 39.1 Å². The van der Waals surface area contributed by atoms with Gasteiger partial charge >= 0.3 is 0 Å². The molecular weight excluding hydrogens is 414 g/mol. The molecule has 0 saturated heterocycles. The first-order chi connectivity index (χ1) is 14.4. The van der Waals surface area contributed by atoms with E-state index in [2.05, 4.69) is 15.5 Å². The van der Waals surface area contributed by atoms with Gasteiger partial charge < -0.3 is 24.3 Å². The molecule has 0 saturated carbocycles. The van der Waals surface area contributed by atoms with Gasteiger partial charge in [-0.3, -0.25) is 9.59 Å². The zero-order valence-corrected chi connectivity index (χ0v) is 17.9. The van der Waals surface area contributed by atoms with Crippen molar-refractivity contribution in [2.24, 2.45) is 10.2 Å². The molecule has 0 heterocycles. The van der Waals surface area contributed by atoms with Crippen molar-refractivity contribution in [2.45, 2.75) is 13.0 Å². The van der Waals surface area contributed by atoms with Gasteiger partial charge in [0.15, 0.2) is 23.0 Å². The third-order valence-corrected chi connectivity index (χ3v) is 4.29. The van der Waals surface area contributed by atoms with Crippen molar-refractivity contribution in [3.8, 4) is 23.0 Å². The summed E-state index contributed by atoms with van der Waals surface area (Å²) in [6.07, 6.45) is 0. The highest BCUT2D eigenvalue weighted by Gasteiger charge is 2.25. The van der Waals surface area contributed by atoms with Crippen LogP contribution in [0.25, 0.3) is 0 Å². The molecule has 0 spiro atoms. The molecule has 0 bridgehead atoms. The number of ketones is 1. The summed E-state index contributed by atoms with van der Waals surface area (Å²) in [5, 5.41) is 10.8. The number of anilines is 1. The third-order valence-electron chi connectivity index (χ3n) is 4.01. The van der Waals surface area contributed by atoms with Crippen LogP contribution in [0.1, 0.15) is 6.92 Å². The van der Waals surface area contributed by atoms with E-state index >= 15 is 0 Å². The van der Waals surface area contributed by atoms with Crippen molar-refractivity contribution in [1.82, 2.24) is 0 Å². The second-order valence-corrected chi connectivity index (χ2v) is 6.33. The summed E-state index contributed by atoms with van der Waals surface area (Å²) in [6.45, 7) is 1.24. The average Bonchev–Trinajstić information content (AvgIpc) is 2.72. The number of ether oxygens (including phenoxy) is 4. The zero-order chi connectivity index (χ0) is 22.3. The van der Waals surface area contributed by atoms with Crippen LogP contribution in [0.5, 0.6) is 23.0 Å². The van der Waals surface area contributed by atoms with Crippen molar-refractivity contribution in [2.75, 3.05) is 33.8 Å². The molecule has 1 atom stereocenters. The number of hydrogen-bond donors (Lipinski definition) is 1. The molecule has 10 heteroatoms. The minimum Gasteiger partial charge on any atom is -0.497 e. The average molecular weight is 436 g/mol. The lowest BCUT2D eigenvalue weighted by molar-refractivity contribution is -0.126. The summed E-state index contributed by atoms with van der Waals surface area (Å²) in [5.74, 6) is 0.167. The highest BCUT2D eigenvalue weighted by Crippen LogP contribution is 2.38. The normalized spacial score (nSPS) is 11.7. The topological polar surface area (TPSA) is 108 Å². The van der Waals surface area contributed by atoms with Gasteiger partial charge in [-0.05, 0) is 19.1 Å². The van der Waals surface area contributed by atoms with Crippen LogP contribution in [0.2, 0.25) is 5.02 Å². The van der Waals surface area contributed by atoms with Gasteiger partial charge in [0.2, 0.25) is 6.04 Å². The lowest BCUT2D eigenvalue weighted by Gasteiger charge is -2.15. The van der Waals surface area contributed by atoms with Gasteiger partial charge in [-0.25, -0.2) is 0 Å². The number of para-hydroxylation sites is 1. The number of carbonyl (C=O) groups excluding carboxylic acids is 2. The van der Waals surface area contributed by atoms with E-state index < -0.39 is 17.7 Å². The number of benzene rings is 2. The van der Waals surface area contributed by atoms with Gasteiger partial charge in [-0.15, -0.1) is 0 Å². The van der Waals surface area contributed by atoms with Gasteiger partial charge in [0.1, 0.15) is 11.4 Å². The Bertz CT molecular complexity index is 964. The molecule has 160 valence electrons. The molecule has 0 aliphatic carbocycles. The SMILES string of the molecule is COc1cc(Cl)c(OC)c(NC(=O)C(N=Nc2cccc(OC)c2OC)C(C)=O)c1. The number of Topliss-reactive ketones (excluding diaryl/α,β-unsaturated/α-hetero) is 1. The molecule has 2 aromatic carbocycles. The van der Waals surface area contributed by atoms with Gasteiger partial charge in [0.25, 0.3) is 5.91 Å². The maximum Gasteiger partial charge on any atom is 0.258 e. The largest absolute Gasteiger partial charge is 0.497 e. The first-order valence-corrected chi connectivity index (χ1v) is 9.08. The summed E-state index contributed by atoms with van der Waals surface area (Å²) in [7, 11) is 5.79. The monoisotopic (exact) mass is 435 g/mol. The van der Waals surface area contributed by atoms with Gasteiger partial charge in [-0.1, -0.05) is 17.7 Å². The van der Waals surface area contributed by atoms with Crippen LogP contribution in [-0.2, 0) is 9.59 Å². The molecule has 2 rings (SSSR count). The highest BCUT2D eigenvalue weighted by molar-refractivity contribution is 6.33. The van der Waals surface area contributed by atoms with E-state index in [0.29, 0.717) is 22.9 Å². The zero-order valence-electron chi connectivity index (χ0n) is 17.2. The second-order valence-electron chi connectivity index (χ2n) is 5.92. The Morgan fingerprint density at radius 2 is 1.70 bits per heavy atom. The van der Waals surface area contributed by atoms with Crippen molar-refractivity contribution in [1.29, 1.82) is 0 Å². The van der Waals surface area contributed by atoms with Crippen LogP contribution < -0.4 is 24.3 Å². The van der Waals surface area contributed by atoms with E-state index in [0.717, 1.165) is 0 Å². The number of nitrogens with zero attached hydrogens (tertiary/aromatic N) is 2. The molecule has 30 heavy (non-hydrogen) atoms. The lowest BCUT2D eigenvalue weighted by atomic mass is 10.2. The molecule has 2 aromatic rings. The first-order valence-electron chi connectivity index (χ1n) is 8.70. The first kappa shape index (κ1) is 23.0. The van der Waals surface area contributed by atoms with Crippen LogP contribution in [0.3, 0.4) is 0 Å². The Labute approximate surface area is 178 Å². The number of carbonyl (C=O) groups is 2. The molecule has 0 radical (unpaired) electrons. The number of rotatable bonds is 9. The van der Waals surface area contributed by atoms with E-state index in [-0.39, 0.29) is 16.5 Å². The molecule has 9 nitrogen and oxygen atoms in total. The minimum absolute atomic E-state index is 0.222. The fraction of sp³-hybridized carbons (Fsp3) is 0.300. The predicted octanol–water partition coefficient (Wildman–Crippen LogP) is 4.05. The summed E-state index contributed by atoms with van der Waals surface area (Å²) >= 11 is 6.15. The van der Waals surface area contributed by atoms with Crippen LogP contribution in [0.4, 0.5) is 11.4 Å². The van der Waals surface area contributed by atoms with E-state index in [1.165, 1.54) is 47.5 Å².